The number of halogens is 1. The Morgan fingerprint density at radius 2 is 2.16 bits per heavy atom. The molecule has 0 saturated heterocycles. The number of aromatic carboxylic acids is 1. The lowest BCUT2D eigenvalue weighted by atomic mass is 10.3. The Labute approximate surface area is 107 Å². The van der Waals surface area contributed by atoms with E-state index >= 15 is 0 Å². The zero-order valence-electron chi connectivity index (χ0n) is 9.92. The van der Waals surface area contributed by atoms with Gasteiger partial charge in [-0.25, -0.2) is 19.2 Å². The van der Waals surface area contributed by atoms with E-state index in [4.69, 9.17) is 9.84 Å². The molecule has 0 saturated carbocycles. The molecule has 0 atom stereocenters. The van der Waals surface area contributed by atoms with Crippen molar-refractivity contribution in [2.45, 2.75) is 0 Å². The molecule has 0 radical (unpaired) electrons. The molecule has 0 aliphatic heterocycles. The molecule has 6 nitrogen and oxygen atoms in total. The van der Waals surface area contributed by atoms with Gasteiger partial charge in [-0.3, -0.25) is 0 Å². The average Bonchev–Trinajstić information content (AvgIpc) is 2.39. The summed E-state index contributed by atoms with van der Waals surface area (Å²) in [5, 5.41) is 11.5. The van der Waals surface area contributed by atoms with E-state index in [0.717, 1.165) is 6.20 Å². The van der Waals surface area contributed by atoms with Crippen molar-refractivity contribution in [2.24, 2.45) is 0 Å². The van der Waals surface area contributed by atoms with Gasteiger partial charge in [-0.2, -0.15) is 0 Å². The lowest BCUT2D eigenvalue weighted by Crippen LogP contribution is -2.02. The molecule has 0 amide bonds. The predicted octanol–water partition coefficient (Wildman–Crippen LogP) is 2.07. The first-order valence-corrected chi connectivity index (χ1v) is 5.26. The van der Waals surface area contributed by atoms with Crippen molar-refractivity contribution in [1.29, 1.82) is 0 Å². The molecule has 1 heterocycles. The first-order valence-electron chi connectivity index (χ1n) is 5.26. The van der Waals surface area contributed by atoms with Crippen LogP contribution < -0.4 is 10.1 Å². The van der Waals surface area contributed by atoms with Crippen LogP contribution in [0.25, 0.3) is 0 Å². The number of aromatic nitrogens is 2. The van der Waals surface area contributed by atoms with Gasteiger partial charge in [0.05, 0.1) is 19.5 Å². The molecule has 0 fully saturated rings. The molecule has 2 rings (SSSR count). The van der Waals surface area contributed by atoms with Crippen LogP contribution in [-0.2, 0) is 0 Å². The molecule has 0 aliphatic carbocycles. The minimum absolute atomic E-state index is 0.137. The van der Waals surface area contributed by atoms with Crippen molar-refractivity contribution < 1.29 is 19.0 Å². The smallest absolute Gasteiger partial charge is 0.356 e. The highest BCUT2D eigenvalue weighted by Gasteiger charge is 2.06. The number of nitrogens with one attached hydrogen (secondary N) is 1. The lowest BCUT2D eigenvalue weighted by molar-refractivity contribution is 0.0690. The van der Waals surface area contributed by atoms with Gasteiger partial charge < -0.3 is 15.2 Å². The number of benzene rings is 1. The quantitative estimate of drug-likeness (QED) is 0.878. The standard InChI is InChI=1S/C12H10FN3O3/c1-19-10-3-2-7(4-8(10)13)16-11-6-14-9(5-15-11)12(17)18/h2-6H,1H3,(H,15,16)(H,17,18). The van der Waals surface area contributed by atoms with Crippen LogP contribution in [0.15, 0.2) is 30.6 Å². The maximum absolute atomic E-state index is 13.4. The predicted molar refractivity (Wildman–Crippen MR) is 65.2 cm³/mol. The Kier molecular flexibility index (Phi) is 3.56. The van der Waals surface area contributed by atoms with Crippen molar-refractivity contribution in [3.05, 3.63) is 42.1 Å². The van der Waals surface area contributed by atoms with Gasteiger partial charge in [0.2, 0.25) is 0 Å². The van der Waals surface area contributed by atoms with Gasteiger partial charge in [-0.1, -0.05) is 0 Å². The normalized spacial score (nSPS) is 10.0. The summed E-state index contributed by atoms with van der Waals surface area (Å²) in [5.74, 6) is -1.22. The molecule has 7 heteroatoms. The number of carboxylic acids is 1. The lowest BCUT2D eigenvalue weighted by Gasteiger charge is -2.07. The first kappa shape index (κ1) is 12.7. The summed E-state index contributed by atoms with van der Waals surface area (Å²) in [6.45, 7) is 0. The molecule has 0 unspecified atom stereocenters. The summed E-state index contributed by atoms with van der Waals surface area (Å²) in [6, 6.07) is 4.32. The van der Waals surface area contributed by atoms with Gasteiger partial charge in [0.15, 0.2) is 17.3 Å². The second-order valence-electron chi connectivity index (χ2n) is 3.57. The van der Waals surface area contributed by atoms with Crippen molar-refractivity contribution in [3.63, 3.8) is 0 Å². The SMILES string of the molecule is COc1ccc(Nc2cnc(C(=O)O)cn2)cc1F. The third-order valence-electron chi connectivity index (χ3n) is 2.30. The van der Waals surface area contributed by atoms with Crippen LogP contribution in [0.3, 0.4) is 0 Å². The van der Waals surface area contributed by atoms with Crippen molar-refractivity contribution in [2.75, 3.05) is 12.4 Å². The summed E-state index contributed by atoms with van der Waals surface area (Å²) >= 11 is 0. The van der Waals surface area contributed by atoms with Gasteiger partial charge >= 0.3 is 5.97 Å². The first-order chi connectivity index (χ1) is 9.10. The Balaban J connectivity index is 2.16. The van der Waals surface area contributed by atoms with Gasteiger partial charge in [-0.15, -0.1) is 0 Å². The summed E-state index contributed by atoms with van der Waals surface area (Å²) in [4.78, 5) is 18.1. The summed E-state index contributed by atoms with van der Waals surface area (Å²) in [6.07, 6.45) is 2.37. The number of carboxylic acid groups (broad SMARTS) is 1. The van der Waals surface area contributed by atoms with E-state index in [-0.39, 0.29) is 11.4 Å². The van der Waals surface area contributed by atoms with Gasteiger partial charge in [-0.05, 0) is 12.1 Å². The Bertz CT molecular complexity index is 602. The highest BCUT2D eigenvalue weighted by molar-refractivity contribution is 5.85. The summed E-state index contributed by atoms with van der Waals surface area (Å²) < 4.78 is 18.2. The topological polar surface area (TPSA) is 84.3 Å². The van der Waals surface area contributed by atoms with Crippen LogP contribution in [-0.4, -0.2) is 28.2 Å². The molecule has 0 spiro atoms. The third kappa shape index (κ3) is 2.95. The number of hydrogen-bond donors (Lipinski definition) is 2. The van der Waals surface area contributed by atoms with Crippen LogP contribution >= 0.6 is 0 Å². The number of ether oxygens (including phenoxy) is 1. The van der Waals surface area contributed by atoms with E-state index in [1.54, 1.807) is 6.07 Å². The second-order valence-corrected chi connectivity index (χ2v) is 3.57. The molecule has 1 aromatic heterocycles. The molecule has 1 aromatic carbocycles. The fraction of sp³-hybridized carbons (Fsp3) is 0.0833. The van der Waals surface area contributed by atoms with Crippen LogP contribution in [0, 0.1) is 5.82 Å². The number of carbonyl (C=O) groups is 1. The second kappa shape index (κ2) is 5.30. The molecule has 2 aromatic rings. The van der Waals surface area contributed by atoms with Crippen LogP contribution in [0.4, 0.5) is 15.9 Å². The Hall–Kier alpha value is -2.70. The third-order valence-corrected chi connectivity index (χ3v) is 2.30. The average molecular weight is 263 g/mol. The molecule has 2 N–H and O–H groups in total. The Morgan fingerprint density at radius 3 is 2.68 bits per heavy atom. The fourth-order valence-corrected chi connectivity index (χ4v) is 1.40. The highest BCUT2D eigenvalue weighted by atomic mass is 19.1. The van der Waals surface area contributed by atoms with Gasteiger partial charge in [0.25, 0.3) is 0 Å². The minimum atomic E-state index is -1.16. The number of nitrogens with zero attached hydrogens (tertiary/aromatic N) is 2. The van der Waals surface area contributed by atoms with Crippen molar-refractivity contribution in [3.8, 4) is 5.75 Å². The van der Waals surface area contributed by atoms with Crippen molar-refractivity contribution >= 4 is 17.5 Å². The molecule has 98 valence electrons. The molecule has 0 bridgehead atoms. The monoisotopic (exact) mass is 263 g/mol. The zero-order chi connectivity index (χ0) is 13.8. The van der Waals surface area contributed by atoms with Crippen LogP contribution in [0.1, 0.15) is 10.5 Å². The molecule has 0 aliphatic rings. The van der Waals surface area contributed by atoms with Crippen LogP contribution in [0.5, 0.6) is 5.75 Å². The Morgan fingerprint density at radius 1 is 1.37 bits per heavy atom. The largest absolute Gasteiger partial charge is 0.494 e. The highest BCUT2D eigenvalue weighted by Crippen LogP contribution is 2.22. The number of hydrogen-bond acceptors (Lipinski definition) is 5. The molecule has 19 heavy (non-hydrogen) atoms. The maximum atomic E-state index is 13.4. The number of methoxy groups -OCH3 is 1. The zero-order valence-corrected chi connectivity index (χ0v) is 9.92. The van der Waals surface area contributed by atoms with E-state index in [1.165, 1.54) is 25.4 Å². The van der Waals surface area contributed by atoms with Crippen molar-refractivity contribution in [1.82, 2.24) is 9.97 Å². The van der Waals surface area contributed by atoms with E-state index in [9.17, 15) is 9.18 Å². The minimum Gasteiger partial charge on any atom is -0.494 e. The molecular formula is C12H10FN3O3. The van der Waals surface area contributed by atoms with E-state index in [0.29, 0.717) is 11.5 Å². The van der Waals surface area contributed by atoms with Crippen LogP contribution in [0.2, 0.25) is 0 Å². The maximum Gasteiger partial charge on any atom is 0.356 e. The molecular weight excluding hydrogens is 253 g/mol. The van der Waals surface area contributed by atoms with E-state index in [2.05, 4.69) is 15.3 Å². The summed E-state index contributed by atoms with van der Waals surface area (Å²) in [7, 11) is 1.38. The number of rotatable bonds is 4. The van der Waals surface area contributed by atoms with Gasteiger partial charge in [0.1, 0.15) is 5.82 Å². The summed E-state index contributed by atoms with van der Waals surface area (Å²) in [5.41, 5.74) is 0.294. The van der Waals surface area contributed by atoms with E-state index < -0.39 is 11.8 Å². The fourth-order valence-electron chi connectivity index (χ4n) is 1.40. The van der Waals surface area contributed by atoms with Gasteiger partial charge in [0, 0.05) is 11.8 Å². The van der Waals surface area contributed by atoms with E-state index in [1.807, 2.05) is 0 Å². The number of anilines is 2.